The molecule has 0 bridgehead atoms. The molecule has 0 spiro atoms. The molecular weight excluding hydrogens is 438 g/mol. The highest BCUT2D eigenvalue weighted by Crippen LogP contribution is 2.43. The van der Waals surface area contributed by atoms with Crippen LogP contribution in [0.5, 0.6) is 0 Å². The Hall–Kier alpha value is -2.61. The van der Waals surface area contributed by atoms with Crippen LogP contribution >= 0.6 is 23.2 Å². The molecular formula is C20H13Cl2FN2O3S. The van der Waals surface area contributed by atoms with E-state index < -0.39 is 28.3 Å². The standard InChI is InChI=1S/C20H13Cl2FN2O3S/c21-12-5-7-17(16(22)9-12)24-20(26)11-25-18-8-6-13(23)10-15(18)14-3-1-2-4-19(14)29(25,27)28/h1-10H,11H2,(H,24,26). The minimum absolute atomic E-state index is 0.00965. The molecule has 148 valence electrons. The first-order valence-electron chi connectivity index (χ1n) is 8.44. The van der Waals surface area contributed by atoms with Crippen LogP contribution in [-0.4, -0.2) is 20.9 Å². The van der Waals surface area contributed by atoms with Crippen molar-refractivity contribution in [1.82, 2.24) is 0 Å². The number of nitrogens with zero attached hydrogens (tertiary/aromatic N) is 1. The summed E-state index contributed by atoms with van der Waals surface area (Å²) in [5.41, 5.74) is 1.31. The largest absolute Gasteiger partial charge is 0.323 e. The Bertz CT molecular complexity index is 1250. The first-order chi connectivity index (χ1) is 13.8. The van der Waals surface area contributed by atoms with Crippen LogP contribution in [0.1, 0.15) is 0 Å². The van der Waals surface area contributed by atoms with Crippen LogP contribution in [0.4, 0.5) is 15.8 Å². The van der Waals surface area contributed by atoms with Gasteiger partial charge in [0, 0.05) is 16.1 Å². The van der Waals surface area contributed by atoms with E-state index in [0.717, 1.165) is 10.4 Å². The molecule has 1 aliphatic rings. The van der Waals surface area contributed by atoms with Gasteiger partial charge in [0.1, 0.15) is 12.4 Å². The molecule has 29 heavy (non-hydrogen) atoms. The molecule has 3 aromatic rings. The van der Waals surface area contributed by atoms with Gasteiger partial charge in [0.25, 0.3) is 10.0 Å². The number of hydrogen-bond acceptors (Lipinski definition) is 3. The second-order valence-corrected chi connectivity index (χ2v) is 9.02. The lowest BCUT2D eigenvalue weighted by Gasteiger charge is -2.31. The number of amides is 1. The predicted molar refractivity (Wildman–Crippen MR) is 111 cm³/mol. The number of rotatable bonds is 3. The molecule has 0 aromatic heterocycles. The number of sulfonamides is 1. The summed E-state index contributed by atoms with van der Waals surface area (Å²) < 4.78 is 41.1. The maximum Gasteiger partial charge on any atom is 0.265 e. The summed E-state index contributed by atoms with van der Waals surface area (Å²) in [6.07, 6.45) is 0. The monoisotopic (exact) mass is 450 g/mol. The van der Waals surface area contributed by atoms with Crippen molar-refractivity contribution in [3.63, 3.8) is 0 Å². The van der Waals surface area contributed by atoms with Crippen LogP contribution in [0.3, 0.4) is 0 Å². The number of hydrogen-bond donors (Lipinski definition) is 1. The lowest BCUT2D eigenvalue weighted by atomic mass is 10.0. The third kappa shape index (κ3) is 3.57. The molecule has 0 atom stereocenters. The van der Waals surface area contributed by atoms with Gasteiger partial charge < -0.3 is 5.32 Å². The van der Waals surface area contributed by atoms with Gasteiger partial charge in [0.05, 0.1) is 21.3 Å². The maximum absolute atomic E-state index is 13.9. The molecule has 3 aromatic carbocycles. The molecule has 0 fully saturated rings. The number of nitrogens with one attached hydrogen (secondary N) is 1. The fourth-order valence-electron chi connectivity index (χ4n) is 3.18. The summed E-state index contributed by atoms with van der Waals surface area (Å²) in [6, 6.07) is 14.6. The topological polar surface area (TPSA) is 66.5 Å². The smallest absolute Gasteiger partial charge is 0.265 e. The summed E-state index contributed by atoms with van der Waals surface area (Å²) in [4.78, 5) is 12.6. The quantitative estimate of drug-likeness (QED) is 0.613. The van der Waals surface area contributed by atoms with E-state index in [2.05, 4.69) is 5.32 Å². The van der Waals surface area contributed by atoms with Crippen molar-refractivity contribution in [1.29, 1.82) is 0 Å². The molecule has 1 heterocycles. The normalized spacial score (nSPS) is 14.1. The molecule has 1 aliphatic heterocycles. The van der Waals surface area contributed by atoms with Gasteiger partial charge in [-0.15, -0.1) is 0 Å². The predicted octanol–water partition coefficient (Wildman–Crippen LogP) is 4.95. The van der Waals surface area contributed by atoms with Crippen molar-refractivity contribution in [2.24, 2.45) is 0 Å². The van der Waals surface area contributed by atoms with Crippen molar-refractivity contribution in [3.8, 4) is 11.1 Å². The van der Waals surface area contributed by atoms with Crippen LogP contribution in [0.25, 0.3) is 11.1 Å². The third-order valence-corrected chi connectivity index (χ3v) is 6.83. The van der Waals surface area contributed by atoms with E-state index >= 15 is 0 Å². The highest BCUT2D eigenvalue weighted by molar-refractivity contribution is 7.93. The Labute approximate surface area is 176 Å². The van der Waals surface area contributed by atoms with Gasteiger partial charge in [-0.05, 0) is 42.5 Å². The van der Waals surface area contributed by atoms with E-state index in [4.69, 9.17) is 23.2 Å². The molecule has 0 saturated carbocycles. The second kappa shape index (κ2) is 7.33. The zero-order valence-electron chi connectivity index (χ0n) is 14.7. The van der Waals surface area contributed by atoms with E-state index in [-0.39, 0.29) is 15.6 Å². The van der Waals surface area contributed by atoms with Gasteiger partial charge in [0.2, 0.25) is 5.91 Å². The molecule has 0 saturated heterocycles. The van der Waals surface area contributed by atoms with E-state index in [1.807, 2.05) is 0 Å². The minimum atomic E-state index is -4.02. The molecule has 0 radical (unpaired) electrons. The number of carbonyl (C=O) groups excluding carboxylic acids is 1. The molecule has 0 aliphatic carbocycles. The van der Waals surface area contributed by atoms with Crippen LogP contribution in [0.15, 0.2) is 65.6 Å². The lowest BCUT2D eigenvalue weighted by molar-refractivity contribution is -0.114. The highest BCUT2D eigenvalue weighted by atomic mass is 35.5. The SMILES string of the molecule is O=C(CN1c2ccc(F)cc2-c2ccccc2S1(=O)=O)Nc1ccc(Cl)cc1Cl. The van der Waals surface area contributed by atoms with Gasteiger partial charge >= 0.3 is 0 Å². The van der Waals surface area contributed by atoms with Gasteiger partial charge in [-0.1, -0.05) is 41.4 Å². The molecule has 1 amide bonds. The third-order valence-electron chi connectivity index (χ3n) is 4.47. The first kappa shape index (κ1) is 19.7. The summed E-state index contributed by atoms with van der Waals surface area (Å²) >= 11 is 11.9. The van der Waals surface area contributed by atoms with Crippen molar-refractivity contribution < 1.29 is 17.6 Å². The molecule has 5 nitrogen and oxygen atoms in total. The lowest BCUT2D eigenvalue weighted by Crippen LogP contribution is -2.40. The Morgan fingerprint density at radius 2 is 1.76 bits per heavy atom. The van der Waals surface area contributed by atoms with E-state index in [9.17, 15) is 17.6 Å². The van der Waals surface area contributed by atoms with Gasteiger partial charge in [-0.2, -0.15) is 0 Å². The zero-order valence-corrected chi connectivity index (χ0v) is 17.0. The Morgan fingerprint density at radius 1 is 1.00 bits per heavy atom. The van der Waals surface area contributed by atoms with Crippen molar-refractivity contribution in [3.05, 3.63) is 76.5 Å². The Kier molecular flexibility index (Phi) is 4.98. The van der Waals surface area contributed by atoms with Crippen LogP contribution < -0.4 is 9.62 Å². The van der Waals surface area contributed by atoms with Crippen molar-refractivity contribution >= 4 is 50.5 Å². The van der Waals surface area contributed by atoms with Crippen molar-refractivity contribution in [2.45, 2.75) is 4.90 Å². The first-order valence-corrected chi connectivity index (χ1v) is 10.6. The highest BCUT2D eigenvalue weighted by Gasteiger charge is 2.36. The van der Waals surface area contributed by atoms with Crippen LogP contribution in [-0.2, 0) is 14.8 Å². The average molecular weight is 451 g/mol. The Balaban J connectivity index is 1.73. The van der Waals surface area contributed by atoms with Gasteiger partial charge in [0.15, 0.2) is 0 Å². The maximum atomic E-state index is 13.9. The number of halogens is 3. The fourth-order valence-corrected chi connectivity index (χ4v) is 5.29. The number of fused-ring (bicyclic) bond motifs is 3. The number of carbonyl (C=O) groups is 1. The Morgan fingerprint density at radius 3 is 2.52 bits per heavy atom. The number of anilines is 2. The second-order valence-electron chi connectivity index (χ2n) is 6.34. The number of benzene rings is 3. The van der Waals surface area contributed by atoms with E-state index in [1.165, 1.54) is 30.3 Å². The molecule has 1 N–H and O–H groups in total. The van der Waals surface area contributed by atoms with Crippen molar-refractivity contribution in [2.75, 3.05) is 16.2 Å². The van der Waals surface area contributed by atoms with Gasteiger partial charge in [-0.3, -0.25) is 9.10 Å². The summed E-state index contributed by atoms with van der Waals surface area (Å²) in [6.45, 7) is -0.506. The zero-order chi connectivity index (χ0) is 20.8. The van der Waals surface area contributed by atoms with E-state index in [1.54, 1.807) is 24.3 Å². The summed E-state index contributed by atoms with van der Waals surface area (Å²) in [5.74, 6) is -1.11. The summed E-state index contributed by atoms with van der Waals surface area (Å²) in [7, 11) is -4.02. The van der Waals surface area contributed by atoms with Gasteiger partial charge in [-0.25, -0.2) is 12.8 Å². The minimum Gasteiger partial charge on any atom is -0.323 e. The van der Waals surface area contributed by atoms with Crippen LogP contribution in [0.2, 0.25) is 10.0 Å². The fraction of sp³-hybridized carbons (Fsp3) is 0.0500. The molecule has 0 unspecified atom stereocenters. The average Bonchev–Trinajstić information content (AvgIpc) is 2.68. The van der Waals surface area contributed by atoms with Crippen LogP contribution in [0, 0.1) is 5.82 Å². The summed E-state index contributed by atoms with van der Waals surface area (Å²) in [5, 5.41) is 3.20. The van der Waals surface area contributed by atoms with E-state index in [0.29, 0.717) is 21.8 Å². The molecule has 9 heteroatoms. The molecule has 4 rings (SSSR count).